The molecule has 2 aromatic rings. The number of hydrogen-bond acceptors (Lipinski definition) is 4. The van der Waals surface area contributed by atoms with E-state index in [1.54, 1.807) is 7.11 Å². The first-order valence-corrected chi connectivity index (χ1v) is 9.92. The Labute approximate surface area is 164 Å². The maximum absolute atomic E-state index is 13.1. The van der Waals surface area contributed by atoms with Crippen LogP contribution in [-0.4, -0.2) is 25.0 Å². The first-order valence-electron chi connectivity index (χ1n) is 9.92. The van der Waals surface area contributed by atoms with Crippen molar-refractivity contribution in [2.24, 2.45) is 0 Å². The molecule has 1 aromatic heterocycles. The summed E-state index contributed by atoms with van der Waals surface area (Å²) in [5.41, 5.74) is 2.69. The van der Waals surface area contributed by atoms with Gasteiger partial charge in [-0.3, -0.25) is 9.59 Å². The number of piperidine rings is 1. The van der Waals surface area contributed by atoms with Gasteiger partial charge in [-0.2, -0.15) is 0 Å². The summed E-state index contributed by atoms with van der Waals surface area (Å²) in [6.07, 6.45) is 4.99. The van der Waals surface area contributed by atoms with Crippen LogP contribution >= 0.6 is 0 Å². The van der Waals surface area contributed by atoms with Gasteiger partial charge in [0.05, 0.1) is 24.8 Å². The molecule has 2 heterocycles. The van der Waals surface area contributed by atoms with E-state index in [1.165, 1.54) is 0 Å². The number of ether oxygens (including phenoxy) is 1. The molecule has 1 aromatic carbocycles. The van der Waals surface area contributed by atoms with Crippen LogP contribution in [0, 0.1) is 6.92 Å². The van der Waals surface area contributed by atoms with Crippen molar-refractivity contribution in [3.05, 3.63) is 52.5 Å². The summed E-state index contributed by atoms with van der Waals surface area (Å²) >= 11 is 0. The molecule has 148 valence electrons. The van der Waals surface area contributed by atoms with E-state index >= 15 is 0 Å². The first-order chi connectivity index (χ1) is 13.6. The number of fused-ring (bicyclic) bond motifs is 1. The van der Waals surface area contributed by atoms with Gasteiger partial charge in [-0.25, -0.2) is 0 Å². The van der Waals surface area contributed by atoms with Crippen LogP contribution in [0.15, 0.2) is 28.7 Å². The summed E-state index contributed by atoms with van der Waals surface area (Å²) in [5.74, 6) is 2.29. The summed E-state index contributed by atoms with van der Waals surface area (Å²) in [6, 6.07) is 7.15. The Kier molecular flexibility index (Phi) is 5.11. The Morgan fingerprint density at radius 1 is 1.18 bits per heavy atom. The predicted octanol–water partition coefficient (Wildman–Crippen LogP) is 3.23. The van der Waals surface area contributed by atoms with Crippen LogP contribution in [0.1, 0.15) is 64.7 Å². The van der Waals surface area contributed by atoms with Gasteiger partial charge in [-0.05, 0) is 50.3 Å². The number of amides is 2. The number of rotatable bonds is 4. The van der Waals surface area contributed by atoms with Crippen molar-refractivity contribution in [2.75, 3.05) is 7.11 Å². The average molecular weight is 382 g/mol. The van der Waals surface area contributed by atoms with E-state index in [4.69, 9.17) is 9.15 Å². The summed E-state index contributed by atoms with van der Waals surface area (Å²) in [4.78, 5) is 25.1. The van der Waals surface area contributed by atoms with E-state index in [0.29, 0.717) is 24.2 Å². The number of hydrogen-bond donors (Lipinski definition) is 2. The normalized spacial score (nSPS) is 21.6. The second-order valence-corrected chi connectivity index (χ2v) is 7.58. The fourth-order valence-corrected chi connectivity index (χ4v) is 4.32. The van der Waals surface area contributed by atoms with Gasteiger partial charge in [-0.15, -0.1) is 0 Å². The monoisotopic (exact) mass is 382 g/mol. The maximum Gasteiger partial charge on any atom is 0.255 e. The topological polar surface area (TPSA) is 80.6 Å². The highest BCUT2D eigenvalue weighted by molar-refractivity contribution is 5.97. The van der Waals surface area contributed by atoms with E-state index in [2.05, 4.69) is 10.6 Å². The lowest BCUT2D eigenvalue weighted by Crippen LogP contribution is -2.50. The molecule has 6 heteroatoms. The van der Waals surface area contributed by atoms with E-state index < -0.39 is 0 Å². The molecule has 2 unspecified atom stereocenters. The minimum atomic E-state index is -0.265. The van der Waals surface area contributed by atoms with Crippen molar-refractivity contribution in [1.82, 2.24) is 10.6 Å². The van der Waals surface area contributed by atoms with Crippen molar-refractivity contribution in [3.8, 4) is 5.75 Å². The Hall–Kier alpha value is -2.76. The summed E-state index contributed by atoms with van der Waals surface area (Å²) < 4.78 is 11.1. The number of carbonyl (C=O) groups excluding carboxylic acids is 2. The minimum Gasteiger partial charge on any atom is -0.497 e. The van der Waals surface area contributed by atoms with Gasteiger partial charge in [-0.1, -0.05) is 12.1 Å². The largest absolute Gasteiger partial charge is 0.497 e. The van der Waals surface area contributed by atoms with Crippen LogP contribution in [0.25, 0.3) is 0 Å². The maximum atomic E-state index is 13.1. The molecule has 1 saturated heterocycles. The fraction of sp³-hybridized carbons (Fsp3) is 0.455. The molecule has 28 heavy (non-hydrogen) atoms. The second kappa shape index (κ2) is 7.70. The van der Waals surface area contributed by atoms with Crippen molar-refractivity contribution < 1.29 is 18.7 Å². The molecule has 0 radical (unpaired) electrons. The molecule has 1 fully saturated rings. The summed E-state index contributed by atoms with van der Waals surface area (Å²) in [6.45, 7) is 1.86. The van der Waals surface area contributed by atoms with Gasteiger partial charge in [0.25, 0.3) is 5.91 Å². The molecule has 0 saturated carbocycles. The van der Waals surface area contributed by atoms with Crippen LogP contribution in [-0.2, 0) is 17.6 Å². The standard InChI is InChI=1S/C22H26N2O4/c1-13-20(16-5-3-4-6-18(16)28-13)22(26)23-17-11-12-19(25)24-21(17)14-7-9-15(27-2)10-8-14/h7-10,17,21H,3-6,11-12H2,1-2H3,(H,23,26)(H,24,25). The van der Waals surface area contributed by atoms with E-state index in [-0.39, 0.29) is 23.9 Å². The van der Waals surface area contributed by atoms with E-state index in [9.17, 15) is 9.59 Å². The number of aryl methyl sites for hydroxylation is 2. The third kappa shape index (κ3) is 3.51. The Morgan fingerprint density at radius 3 is 2.68 bits per heavy atom. The summed E-state index contributed by atoms with van der Waals surface area (Å²) in [7, 11) is 1.62. The average Bonchev–Trinajstić information content (AvgIpc) is 3.05. The molecule has 0 spiro atoms. The molecule has 6 nitrogen and oxygen atoms in total. The molecule has 2 amide bonds. The van der Waals surface area contributed by atoms with Crippen LogP contribution < -0.4 is 15.4 Å². The zero-order valence-electron chi connectivity index (χ0n) is 16.3. The number of carbonyl (C=O) groups is 2. The van der Waals surface area contributed by atoms with Gasteiger partial charge in [0.15, 0.2) is 0 Å². The second-order valence-electron chi connectivity index (χ2n) is 7.58. The molecule has 0 bridgehead atoms. The highest BCUT2D eigenvalue weighted by Crippen LogP contribution is 2.31. The van der Waals surface area contributed by atoms with Crippen molar-refractivity contribution in [3.63, 3.8) is 0 Å². The Balaban J connectivity index is 1.57. The molecular formula is C22H26N2O4. The quantitative estimate of drug-likeness (QED) is 0.851. The van der Waals surface area contributed by atoms with Crippen LogP contribution in [0.5, 0.6) is 5.75 Å². The highest BCUT2D eigenvalue weighted by Gasteiger charge is 2.33. The number of nitrogens with one attached hydrogen (secondary N) is 2. The van der Waals surface area contributed by atoms with Crippen molar-refractivity contribution >= 4 is 11.8 Å². The number of methoxy groups -OCH3 is 1. The lowest BCUT2D eigenvalue weighted by atomic mass is 9.90. The third-order valence-electron chi connectivity index (χ3n) is 5.77. The Morgan fingerprint density at radius 2 is 1.93 bits per heavy atom. The van der Waals surface area contributed by atoms with Crippen LogP contribution in [0.2, 0.25) is 0 Å². The van der Waals surface area contributed by atoms with Gasteiger partial charge in [0, 0.05) is 18.4 Å². The zero-order chi connectivity index (χ0) is 19.7. The SMILES string of the molecule is COc1ccc(C2NC(=O)CCC2NC(=O)c2c(C)oc3c2CCCC3)cc1. The number of benzene rings is 1. The zero-order valence-corrected chi connectivity index (χ0v) is 16.3. The van der Waals surface area contributed by atoms with Crippen LogP contribution in [0.3, 0.4) is 0 Å². The molecule has 1 aliphatic heterocycles. The molecule has 2 atom stereocenters. The fourth-order valence-electron chi connectivity index (χ4n) is 4.32. The smallest absolute Gasteiger partial charge is 0.255 e. The molecule has 4 rings (SSSR count). The number of furan rings is 1. The van der Waals surface area contributed by atoms with Gasteiger partial charge in [0.1, 0.15) is 17.3 Å². The highest BCUT2D eigenvalue weighted by atomic mass is 16.5. The lowest BCUT2D eigenvalue weighted by molar-refractivity contribution is -0.123. The van der Waals surface area contributed by atoms with E-state index in [1.807, 2.05) is 31.2 Å². The van der Waals surface area contributed by atoms with E-state index in [0.717, 1.165) is 48.3 Å². The predicted molar refractivity (Wildman–Crippen MR) is 104 cm³/mol. The molecule has 2 aliphatic rings. The van der Waals surface area contributed by atoms with Crippen molar-refractivity contribution in [1.29, 1.82) is 0 Å². The van der Waals surface area contributed by atoms with Gasteiger partial charge in [0.2, 0.25) is 5.91 Å². The Bertz CT molecular complexity index is 885. The molecular weight excluding hydrogens is 356 g/mol. The minimum absolute atomic E-state index is 0.00295. The lowest BCUT2D eigenvalue weighted by Gasteiger charge is -2.33. The van der Waals surface area contributed by atoms with Crippen LogP contribution in [0.4, 0.5) is 0 Å². The van der Waals surface area contributed by atoms with Gasteiger partial charge >= 0.3 is 0 Å². The first kappa shape index (κ1) is 18.6. The summed E-state index contributed by atoms with van der Waals surface area (Å²) in [5, 5.41) is 6.19. The third-order valence-corrected chi connectivity index (χ3v) is 5.77. The molecule has 1 aliphatic carbocycles. The van der Waals surface area contributed by atoms with Crippen molar-refractivity contribution in [2.45, 2.75) is 57.5 Å². The molecule has 2 N–H and O–H groups in total. The van der Waals surface area contributed by atoms with Gasteiger partial charge < -0.3 is 19.8 Å².